The Hall–Kier alpha value is -2.77. The summed E-state index contributed by atoms with van der Waals surface area (Å²) in [5, 5.41) is 10.6. The first kappa shape index (κ1) is 14.6. The van der Waals surface area contributed by atoms with E-state index in [4.69, 9.17) is 10.5 Å². The van der Waals surface area contributed by atoms with Crippen LogP contribution in [0, 0.1) is 22.9 Å². The third-order valence-corrected chi connectivity index (χ3v) is 2.83. The van der Waals surface area contributed by atoms with Crippen molar-refractivity contribution in [3.05, 3.63) is 45.5 Å². The summed E-state index contributed by atoms with van der Waals surface area (Å²) < 4.78 is 19.2. The summed E-state index contributed by atoms with van der Waals surface area (Å²) in [6.45, 7) is 3.49. The summed E-state index contributed by atoms with van der Waals surface area (Å²) in [5.74, 6) is -0.163. The minimum Gasteiger partial charge on any atom is -0.435 e. The summed E-state index contributed by atoms with van der Waals surface area (Å²) in [6, 6.07) is 3.12. The van der Waals surface area contributed by atoms with Gasteiger partial charge in [-0.15, -0.1) is 0 Å². The first-order valence-electron chi connectivity index (χ1n) is 6.17. The highest BCUT2D eigenvalue weighted by Crippen LogP contribution is 2.29. The van der Waals surface area contributed by atoms with Gasteiger partial charge in [0, 0.05) is 12.5 Å². The third kappa shape index (κ3) is 3.04. The molecule has 8 heteroatoms. The van der Waals surface area contributed by atoms with Crippen LogP contribution in [0.15, 0.2) is 18.2 Å². The van der Waals surface area contributed by atoms with Gasteiger partial charge in [-0.1, -0.05) is 6.92 Å². The number of rotatable bonds is 4. The molecule has 0 unspecified atom stereocenters. The number of aromatic nitrogens is 2. The second kappa shape index (κ2) is 5.70. The molecule has 0 atom stereocenters. The quantitative estimate of drug-likeness (QED) is 0.686. The fourth-order valence-electron chi connectivity index (χ4n) is 1.61. The van der Waals surface area contributed by atoms with Crippen molar-refractivity contribution in [2.75, 3.05) is 5.73 Å². The zero-order valence-corrected chi connectivity index (χ0v) is 11.5. The maximum absolute atomic E-state index is 13.8. The van der Waals surface area contributed by atoms with E-state index < -0.39 is 10.7 Å². The molecule has 0 radical (unpaired) electrons. The van der Waals surface area contributed by atoms with Gasteiger partial charge in [-0.05, 0) is 13.0 Å². The van der Waals surface area contributed by atoms with Crippen LogP contribution >= 0.6 is 0 Å². The number of hydrogen-bond donors (Lipinski definition) is 1. The van der Waals surface area contributed by atoms with Gasteiger partial charge < -0.3 is 10.5 Å². The van der Waals surface area contributed by atoms with E-state index in [1.54, 1.807) is 6.92 Å². The molecular formula is C13H13FN4O3. The molecule has 0 fully saturated rings. The molecule has 0 aliphatic rings. The van der Waals surface area contributed by atoms with Gasteiger partial charge in [-0.2, -0.15) is 4.98 Å². The number of aryl methyl sites for hydroxylation is 1. The maximum Gasteiger partial charge on any atom is 0.272 e. The Kier molecular flexibility index (Phi) is 3.97. The molecular weight excluding hydrogens is 279 g/mol. The number of nitro groups is 1. The van der Waals surface area contributed by atoms with E-state index >= 15 is 0 Å². The molecule has 7 nitrogen and oxygen atoms in total. The van der Waals surface area contributed by atoms with E-state index in [0.29, 0.717) is 17.8 Å². The van der Waals surface area contributed by atoms with Crippen LogP contribution in [0.1, 0.15) is 18.3 Å². The molecule has 110 valence electrons. The van der Waals surface area contributed by atoms with Gasteiger partial charge in [0.25, 0.3) is 5.69 Å². The smallest absolute Gasteiger partial charge is 0.272 e. The highest BCUT2D eigenvalue weighted by Gasteiger charge is 2.15. The summed E-state index contributed by atoms with van der Waals surface area (Å²) in [5.41, 5.74) is 5.86. The first-order valence-corrected chi connectivity index (χ1v) is 6.17. The van der Waals surface area contributed by atoms with Gasteiger partial charge in [-0.3, -0.25) is 10.1 Å². The number of non-ortho nitro benzene ring substituents is 1. The van der Waals surface area contributed by atoms with Crippen molar-refractivity contribution in [3.8, 4) is 11.6 Å². The van der Waals surface area contributed by atoms with Crippen LogP contribution in [0.3, 0.4) is 0 Å². The van der Waals surface area contributed by atoms with Crippen molar-refractivity contribution < 1.29 is 14.1 Å². The van der Waals surface area contributed by atoms with Crippen molar-refractivity contribution in [1.82, 2.24) is 9.97 Å². The minimum atomic E-state index is -0.848. The van der Waals surface area contributed by atoms with E-state index in [2.05, 4.69) is 9.97 Å². The molecule has 2 aromatic rings. The number of hydrogen-bond acceptors (Lipinski definition) is 6. The Morgan fingerprint density at radius 2 is 2.14 bits per heavy atom. The SMILES string of the molecule is CCc1nc(N)c(C)c(Oc2ccc([N+](=O)[O-])cc2F)n1. The Morgan fingerprint density at radius 3 is 2.71 bits per heavy atom. The zero-order valence-electron chi connectivity index (χ0n) is 11.5. The number of nitrogens with two attached hydrogens (primary N) is 1. The molecule has 21 heavy (non-hydrogen) atoms. The van der Waals surface area contributed by atoms with Crippen LogP contribution in [0.2, 0.25) is 0 Å². The normalized spacial score (nSPS) is 10.4. The summed E-state index contributed by atoms with van der Waals surface area (Å²) >= 11 is 0. The standard InChI is InChI=1S/C13H13FN4O3/c1-3-11-16-12(15)7(2)13(17-11)21-10-5-4-8(18(19)20)6-9(10)14/h4-6H,3H2,1-2H3,(H2,15,16,17). The van der Waals surface area contributed by atoms with Crippen molar-refractivity contribution in [2.24, 2.45) is 0 Å². The van der Waals surface area contributed by atoms with Gasteiger partial charge in [-0.25, -0.2) is 9.37 Å². The molecule has 1 heterocycles. The van der Waals surface area contributed by atoms with Crippen molar-refractivity contribution in [2.45, 2.75) is 20.3 Å². The number of nitrogens with zero attached hydrogens (tertiary/aromatic N) is 3. The van der Waals surface area contributed by atoms with Gasteiger partial charge in [0.15, 0.2) is 11.6 Å². The monoisotopic (exact) mass is 292 g/mol. The first-order chi connectivity index (χ1) is 9.92. The van der Waals surface area contributed by atoms with Gasteiger partial charge in [0.05, 0.1) is 16.6 Å². The molecule has 0 bridgehead atoms. The lowest BCUT2D eigenvalue weighted by Crippen LogP contribution is -2.04. The lowest BCUT2D eigenvalue weighted by Gasteiger charge is -2.11. The minimum absolute atomic E-state index is 0.132. The number of anilines is 1. The number of nitrogen functional groups attached to an aromatic ring is 1. The molecule has 0 saturated carbocycles. The summed E-state index contributed by atoms with van der Waals surface area (Å²) in [4.78, 5) is 18.1. The van der Waals surface area contributed by atoms with E-state index in [1.807, 2.05) is 6.92 Å². The summed E-state index contributed by atoms with van der Waals surface area (Å²) in [6.07, 6.45) is 0.545. The molecule has 2 rings (SSSR count). The van der Waals surface area contributed by atoms with E-state index in [-0.39, 0.29) is 23.1 Å². The molecule has 0 amide bonds. The van der Waals surface area contributed by atoms with E-state index in [0.717, 1.165) is 12.1 Å². The molecule has 0 saturated heterocycles. The second-order valence-electron chi connectivity index (χ2n) is 4.28. The lowest BCUT2D eigenvalue weighted by molar-refractivity contribution is -0.385. The predicted molar refractivity (Wildman–Crippen MR) is 73.7 cm³/mol. The largest absolute Gasteiger partial charge is 0.435 e. The Bertz CT molecular complexity index is 706. The van der Waals surface area contributed by atoms with Crippen LogP contribution in [-0.2, 0) is 6.42 Å². The van der Waals surface area contributed by atoms with Crippen LogP contribution < -0.4 is 10.5 Å². The fourth-order valence-corrected chi connectivity index (χ4v) is 1.61. The molecule has 1 aromatic heterocycles. The van der Waals surface area contributed by atoms with Crippen molar-refractivity contribution in [1.29, 1.82) is 0 Å². The van der Waals surface area contributed by atoms with Crippen molar-refractivity contribution >= 4 is 11.5 Å². The maximum atomic E-state index is 13.8. The molecule has 0 aliphatic heterocycles. The molecule has 0 aliphatic carbocycles. The highest BCUT2D eigenvalue weighted by atomic mass is 19.1. The molecule has 0 spiro atoms. The molecule has 2 N–H and O–H groups in total. The van der Waals surface area contributed by atoms with Crippen LogP contribution in [0.4, 0.5) is 15.9 Å². The Labute approximate surface area is 119 Å². The number of benzene rings is 1. The number of ether oxygens (including phenoxy) is 1. The topological polar surface area (TPSA) is 104 Å². The van der Waals surface area contributed by atoms with Crippen LogP contribution in [-0.4, -0.2) is 14.9 Å². The Balaban J connectivity index is 2.38. The lowest BCUT2D eigenvalue weighted by atomic mass is 10.3. The Morgan fingerprint density at radius 1 is 1.43 bits per heavy atom. The molecule has 1 aromatic carbocycles. The highest BCUT2D eigenvalue weighted by molar-refractivity contribution is 5.47. The fraction of sp³-hybridized carbons (Fsp3) is 0.231. The second-order valence-corrected chi connectivity index (χ2v) is 4.28. The number of nitro benzene ring substituents is 1. The average Bonchev–Trinajstić information content (AvgIpc) is 2.45. The zero-order chi connectivity index (χ0) is 15.6. The third-order valence-electron chi connectivity index (χ3n) is 2.83. The van der Waals surface area contributed by atoms with Crippen LogP contribution in [0.5, 0.6) is 11.6 Å². The van der Waals surface area contributed by atoms with Gasteiger partial charge in [0.1, 0.15) is 11.6 Å². The van der Waals surface area contributed by atoms with Gasteiger partial charge in [0.2, 0.25) is 5.88 Å². The predicted octanol–water partition coefficient (Wildman–Crippen LogP) is 2.77. The van der Waals surface area contributed by atoms with E-state index in [9.17, 15) is 14.5 Å². The summed E-state index contributed by atoms with van der Waals surface area (Å²) in [7, 11) is 0. The van der Waals surface area contributed by atoms with Crippen LogP contribution in [0.25, 0.3) is 0 Å². The van der Waals surface area contributed by atoms with Crippen molar-refractivity contribution in [3.63, 3.8) is 0 Å². The average molecular weight is 292 g/mol. The van der Waals surface area contributed by atoms with Gasteiger partial charge >= 0.3 is 0 Å². The number of halogens is 1. The van der Waals surface area contributed by atoms with E-state index in [1.165, 1.54) is 6.07 Å².